The molecule has 3 aliphatic rings. The Morgan fingerprint density at radius 1 is 1.00 bits per heavy atom. The summed E-state index contributed by atoms with van der Waals surface area (Å²) in [6.07, 6.45) is 5.18. The molecule has 0 heterocycles. The molecule has 2 bridgehead atoms. The molecular formula is C16H25N. The summed E-state index contributed by atoms with van der Waals surface area (Å²) >= 11 is 0. The first-order valence-electron chi connectivity index (χ1n) is 7.57. The van der Waals surface area contributed by atoms with Crippen LogP contribution < -0.4 is 0 Å². The molecule has 0 amide bonds. The van der Waals surface area contributed by atoms with Gasteiger partial charge in [0.25, 0.3) is 0 Å². The standard InChI is InChI=1S/C16H25N/c1-4-12-5-11(8-17)6-15-13-7-14(16(12)15)10(3)9(13)2/h9-16H,4-7H2,1-3H3/t9?,10?,11?,12?,13?,14?,15?,16-/m0/s1. The van der Waals surface area contributed by atoms with Crippen LogP contribution in [0.1, 0.15) is 46.5 Å². The van der Waals surface area contributed by atoms with E-state index in [2.05, 4.69) is 26.8 Å². The summed E-state index contributed by atoms with van der Waals surface area (Å²) in [6.45, 7) is 7.28. The van der Waals surface area contributed by atoms with Gasteiger partial charge in [-0.2, -0.15) is 5.26 Å². The Hall–Kier alpha value is -0.510. The lowest BCUT2D eigenvalue weighted by Gasteiger charge is -2.46. The maximum Gasteiger partial charge on any atom is 0.0656 e. The van der Waals surface area contributed by atoms with Gasteiger partial charge in [-0.15, -0.1) is 0 Å². The van der Waals surface area contributed by atoms with Gasteiger partial charge in [-0.05, 0) is 60.7 Å². The number of rotatable bonds is 1. The molecule has 0 spiro atoms. The third-order valence-corrected chi connectivity index (χ3v) is 6.66. The fourth-order valence-corrected chi connectivity index (χ4v) is 5.72. The maximum absolute atomic E-state index is 9.26. The average molecular weight is 231 g/mol. The number of hydrogen-bond donors (Lipinski definition) is 0. The first-order chi connectivity index (χ1) is 8.17. The molecule has 0 radical (unpaired) electrons. The molecule has 0 N–H and O–H groups in total. The van der Waals surface area contributed by atoms with Crippen LogP contribution in [0.25, 0.3) is 0 Å². The van der Waals surface area contributed by atoms with Crippen LogP contribution in [0.2, 0.25) is 0 Å². The quantitative estimate of drug-likeness (QED) is 0.666. The van der Waals surface area contributed by atoms with Crippen molar-refractivity contribution in [3.8, 4) is 6.07 Å². The van der Waals surface area contributed by atoms with E-state index in [-0.39, 0.29) is 0 Å². The van der Waals surface area contributed by atoms with Crippen molar-refractivity contribution in [2.24, 2.45) is 47.3 Å². The van der Waals surface area contributed by atoms with Crippen LogP contribution in [-0.2, 0) is 0 Å². The first-order valence-corrected chi connectivity index (χ1v) is 7.57. The molecule has 0 saturated heterocycles. The number of fused-ring (bicyclic) bond motifs is 5. The van der Waals surface area contributed by atoms with Crippen LogP contribution in [0.3, 0.4) is 0 Å². The van der Waals surface area contributed by atoms with Crippen molar-refractivity contribution < 1.29 is 0 Å². The summed E-state index contributed by atoms with van der Waals surface area (Å²) in [5.41, 5.74) is 0. The van der Waals surface area contributed by atoms with Gasteiger partial charge in [0.05, 0.1) is 6.07 Å². The lowest BCUT2D eigenvalue weighted by molar-refractivity contribution is 0.0207. The second-order valence-corrected chi connectivity index (χ2v) is 6.99. The van der Waals surface area contributed by atoms with Crippen molar-refractivity contribution in [3.05, 3.63) is 0 Å². The zero-order chi connectivity index (χ0) is 12.2. The summed E-state index contributed by atoms with van der Waals surface area (Å²) in [4.78, 5) is 0. The van der Waals surface area contributed by atoms with Crippen molar-refractivity contribution in [1.29, 1.82) is 5.26 Å². The normalized spacial score (nSPS) is 56.6. The predicted molar refractivity (Wildman–Crippen MR) is 69.0 cm³/mol. The summed E-state index contributed by atoms with van der Waals surface area (Å²) < 4.78 is 0. The molecule has 0 aromatic rings. The number of hydrogen-bond acceptors (Lipinski definition) is 1. The van der Waals surface area contributed by atoms with E-state index in [0.29, 0.717) is 5.92 Å². The van der Waals surface area contributed by atoms with Crippen molar-refractivity contribution >= 4 is 0 Å². The second kappa shape index (κ2) is 4.01. The molecule has 17 heavy (non-hydrogen) atoms. The van der Waals surface area contributed by atoms with E-state index < -0.39 is 0 Å². The molecule has 0 aromatic heterocycles. The highest BCUT2D eigenvalue weighted by Gasteiger charge is 2.58. The van der Waals surface area contributed by atoms with E-state index in [0.717, 1.165) is 41.4 Å². The molecule has 94 valence electrons. The van der Waals surface area contributed by atoms with E-state index in [1.54, 1.807) is 0 Å². The van der Waals surface area contributed by atoms with Gasteiger partial charge in [0.1, 0.15) is 0 Å². The highest BCUT2D eigenvalue weighted by molar-refractivity contribution is 5.08. The summed E-state index contributed by atoms with van der Waals surface area (Å²) in [6, 6.07) is 2.57. The Labute approximate surface area is 106 Å². The average Bonchev–Trinajstić information content (AvgIpc) is 2.86. The predicted octanol–water partition coefficient (Wildman–Crippen LogP) is 4.10. The van der Waals surface area contributed by atoms with E-state index in [4.69, 9.17) is 0 Å². The minimum atomic E-state index is 0.364. The Morgan fingerprint density at radius 3 is 2.35 bits per heavy atom. The van der Waals surface area contributed by atoms with Crippen LogP contribution in [0.4, 0.5) is 0 Å². The van der Waals surface area contributed by atoms with Gasteiger partial charge in [0.2, 0.25) is 0 Å². The van der Waals surface area contributed by atoms with Gasteiger partial charge in [0.15, 0.2) is 0 Å². The Balaban J connectivity index is 1.87. The molecule has 3 aliphatic carbocycles. The second-order valence-electron chi connectivity index (χ2n) is 6.99. The van der Waals surface area contributed by atoms with Gasteiger partial charge in [-0.25, -0.2) is 0 Å². The highest BCUT2D eigenvalue weighted by Crippen LogP contribution is 2.64. The molecular weight excluding hydrogens is 206 g/mol. The molecule has 8 atom stereocenters. The zero-order valence-electron chi connectivity index (χ0n) is 11.4. The maximum atomic E-state index is 9.26. The van der Waals surface area contributed by atoms with Gasteiger partial charge >= 0.3 is 0 Å². The van der Waals surface area contributed by atoms with Crippen LogP contribution in [-0.4, -0.2) is 0 Å². The van der Waals surface area contributed by atoms with Crippen molar-refractivity contribution in [2.45, 2.75) is 46.5 Å². The Morgan fingerprint density at radius 2 is 1.71 bits per heavy atom. The van der Waals surface area contributed by atoms with Gasteiger partial charge in [0, 0.05) is 5.92 Å². The van der Waals surface area contributed by atoms with E-state index in [1.807, 2.05) is 0 Å². The summed E-state index contributed by atoms with van der Waals surface area (Å²) in [5, 5.41) is 9.26. The third kappa shape index (κ3) is 1.49. The van der Waals surface area contributed by atoms with Crippen molar-refractivity contribution in [1.82, 2.24) is 0 Å². The molecule has 1 nitrogen and oxygen atoms in total. The van der Waals surface area contributed by atoms with Gasteiger partial charge in [-0.3, -0.25) is 0 Å². The Kier molecular flexibility index (Phi) is 2.73. The fraction of sp³-hybridized carbons (Fsp3) is 0.938. The third-order valence-electron chi connectivity index (χ3n) is 6.66. The minimum Gasteiger partial charge on any atom is -0.198 e. The molecule has 0 aromatic carbocycles. The van der Waals surface area contributed by atoms with Crippen molar-refractivity contribution in [2.75, 3.05) is 0 Å². The van der Waals surface area contributed by atoms with Crippen molar-refractivity contribution in [3.63, 3.8) is 0 Å². The van der Waals surface area contributed by atoms with E-state index in [9.17, 15) is 5.26 Å². The zero-order valence-corrected chi connectivity index (χ0v) is 11.4. The molecule has 0 aliphatic heterocycles. The van der Waals surface area contributed by atoms with Crippen LogP contribution in [0.5, 0.6) is 0 Å². The fourth-order valence-electron chi connectivity index (χ4n) is 5.72. The number of nitriles is 1. The van der Waals surface area contributed by atoms with Crippen LogP contribution in [0.15, 0.2) is 0 Å². The summed E-state index contributed by atoms with van der Waals surface area (Å²) in [7, 11) is 0. The topological polar surface area (TPSA) is 23.8 Å². The lowest BCUT2D eigenvalue weighted by atomic mass is 9.58. The largest absolute Gasteiger partial charge is 0.198 e. The van der Waals surface area contributed by atoms with E-state index in [1.165, 1.54) is 25.7 Å². The smallest absolute Gasteiger partial charge is 0.0656 e. The molecule has 3 saturated carbocycles. The number of nitrogens with zero attached hydrogens (tertiary/aromatic N) is 1. The lowest BCUT2D eigenvalue weighted by Crippen LogP contribution is -2.41. The monoisotopic (exact) mass is 231 g/mol. The highest BCUT2D eigenvalue weighted by atomic mass is 14.6. The van der Waals surface area contributed by atoms with Gasteiger partial charge < -0.3 is 0 Å². The Bertz CT molecular complexity index is 342. The summed E-state index contributed by atoms with van der Waals surface area (Å²) in [5.74, 6) is 6.88. The SMILES string of the molecule is CCC1CC(C#N)CC2C3CC(C(C)C3C)[C@H]12. The molecule has 3 fully saturated rings. The van der Waals surface area contributed by atoms with Crippen LogP contribution >= 0.6 is 0 Å². The molecule has 1 heteroatoms. The first kappa shape index (κ1) is 11.6. The van der Waals surface area contributed by atoms with Gasteiger partial charge in [-0.1, -0.05) is 27.2 Å². The molecule has 7 unspecified atom stereocenters. The minimum absolute atomic E-state index is 0.364. The van der Waals surface area contributed by atoms with Crippen LogP contribution in [0, 0.1) is 58.7 Å². The van der Waals surface area contributed by atoms with E-state index >= 15 is 0 Å². The molecule has 3 rings (SSSR count).